The van der Waals surface area contributed by atoms with Crippen LogP contribution in [0.15, 0.2) is 59.8 Å². The molecule has 3 aromatic rings. The maximum absolute atomic E-state index is 12.8. The lowest BCUT2D eigenvalue weighted by Gasteiger charge is -2.35. The van der Waals surface area contributed by atoms with Gasteiger partial charge in [0.15, 0.2) is 0 Å². The van der Waals surface area contributed by atoms with E-state index in [1.807, 2.05) is 37.3 Å². The maximum atomic E-state index is 12.8. The number of rotatable bonds is 5. The van der Waals surface area contributed by atoms with Gasteiger partial charge in [-0.3, -0.25) is 9.59 Å². The fourth-order valence-corrected chi connectivity index (χ4v) is 3.64. The smallest absolute Gasteiger partial charge is 0.263 e. The van der Waals surface area contributed by atoms with Crippen molar-refractivity contribution in [2.45, 2.75) is 6.92 Å². The van der Waals surface area contributed by atoms with Crippen LogP contribution in [-0.4, -0.2) is 58.1 Å². The molecule has 1 aliphatic heterocycles. The van der Waals surface area contributed by atoms with Gasteiger partial charge in [0.2, 0.25) is 0 Å². The van der Waals surface area contributed by atoms with Crippen molar-refractivity contribution in [3.05, 3.63) is 70.9 Å². The Labute approximate surface area is 180 Å². The number of carbonyl (C=O) groups is 1. The first-order valence-electron chi connectivity index (χ1n) is 10.3. The number of benzene rings is 1. The van der Waals surface area contributed by atoms with Gasteiger partial charge in [-0.05, 0) is 43.3 Å². The predicted molar refractivity (Wildman–Crippen MR) is 118 cm³/mol. The van der Waals surface area contributed by atoms with Gasteiger partial charge in [0.05, 0.1) is 12.3 Å². The first-order chi connectivity index (χ1) is 15.1. The summed E-state index contributed by atoms with van der Waals surface area (Å²) in [6.45, 7) is 4.91. The monoisotopic (exact) mass is 419 g/mol. The highest BCUT2D eigenvalue weighted by Gasteiger charge is 2.25. The zero-order valence-corrected chi connectivity index (χ0v) is 17.7. The molecule has 4 rings (SSSR count). The van der Waals surface area contributed by atoms with Crippen molar-refractivity contribution in [2.75, 3.05) is 37.7 Å². The van der Waals surface area contributed by atoms with Crippen LogP contribution in [0.25, 0.3) is 11.3 Å². The van der Waals surface area contributed by atoms with Gasteiger partial charge in [-0.25, -0.2) is 9.97 Å². The summed E-state index contributed by atoms with van der Waals surface area (Å²) in [6.07, 6.45) is 3.21. The molecule has 0 bridgehead atoms. The van der Waals surface area contributed by atoms with Crippen LogP contribution >= 0.6 is 0 Å². The number of aryl methyl sites for hydroxylation is 1. The zero-order valence-electron chi connectivity index (χ0n) is 17.7. The molecule has 0 aliphatic carbocycles. The quantitative estimate of drug-likeness (QED) is 0.631. The molecule has 1 fully saturated rings. The summed E-state index contributed by atoms with van der Waals surface area (Å²) in [5.41, 5.74) is 1.75. The third-order valence-electron chi connectivity index (χ3n) is 5.36. The second-order valence-electron chi connectivity index (χ2n) is 7.34. The zero-order chi connectivity index (χ0) is 21.8. The molecule has 0 saturated carbocycles. The van der Waals surface area contributed by atoms with Crippen LogP contribution in [0.3, 0.4) is 0 Å². The van der Waals surface area contributed by atoms with E-state index in [9.17, 15) is 9.59 Å². The SMILES string of the molecule is CCOc1ccc(-c2cc(N3CCN(C(=O)c4cccn(C)c4=O)CC3)ncn2)cc1. The topological polar surface area (TPSA) is 80.6 Å². The summed E-state index contributed by atoms with van der Waals surface area (Å²) in [5, 5.41) is 0. The van der Waals surface area contributed by atoms with E-state index in [0.717, 1.165) is 22.8 Å². The minimum Gasteiger partial charge on any atom is -0.494 e. The molecular weight excluding hydrogens is 394 g/mol. The van der Waals surface area contributed by atoms with E-state index in [4.69, 9.17) is 4.74 Å². The maximum Gasteiger partial charge on any atom is 0.263 e. The molecule has 0 spiro atoms. The van der Waals surface area contributed by atoms with Crippen LogP contribution in [0.1, 0.15) is 17.3 Å². The molecule has 2 aromatic heterocycles. The fourth-order valence-electron chi connectivity index (χ4n) is 3.64. The largest absolute Gasteiger partial charge is 0.494 e. The number of nitrogens with zero attached hydrogens (tertiary/aromatic N) is 5. The highest BCUT2D eigenvalue weighted by molar-refractivity contribution is 5.94. The molecule has 0 atom stereocenters. The Kier molecular flexibility index (Phi) is 5.97. The first-order valence-corrected chi connectivity index (χ1v) is 10.3. The molecule has 0 radical (unpaired) electrons. The van der Waals surface area contributed by atoms with Gasteiger partial charge in [-0.15, -0.1) is 0 Å². The molecule has 0 unspecified atom stereocenters. The van der Waals surface area contributed by atoms with Crippen LogP contribution in [-0.2, 0) is 7.05 Å². The van der Waals surface area contributed by atoms with Crippen LogP contribution < -0.4 is 15.2 Å². The molecule has 1 aromatic carbocycles. The van der Waals surface area contributed by atoms with E-state index in [1.54, 1.807) is 36.6 Å². The molecule has 1 aliphatic rings. The van der Waals surface area contributed by atoms with Gasteiger partial charge < -0.3 is 19.1 Å². The number of ether oxygens (including phenoxy) is 1. The molecule has 3 heterocycles. The third kappa shape index (κ3) is 4.42. The van der Waals surface area contributed by atoms with Crippen molar-refractivity contribution in [3.8, 4) is 17.0 Å². The summed E-state index contributed by atoms with van der Waals surface area (Å²) in [6, 6.07) is 13.1. The summed E-state index contributed by atoms with van der Waals surface area (Å²) < 4.78 is 6.92. The molecule has 1 saturated heterocycles. The van der Waals surface area contributed by atoms with Crippen LogP contribution in [0.5, 0.6) is 5.75 Å². The van der Waals surface area contributed by atoms with Gasteiger partial charge in [0.1, 0.15) is 23.5 Å². The minimum atomic E-state index is -0.272. The Morgan fingerprint density at radius 2 is 1.81 bits per heavy atom. The van der Waals surface area contributed by atoms with Gasteiger partial charge in [0.25, 0.3) is 11.5 Å². The standard InChI is InChI=1S/C23H25N5O3/c1-3-31-18-8-6-17(7-9-18)20-15-21(25-16-24-20)27-11-13-28(14-12-27)23(30)19-5-4-10-26(2)22(19)29/h4-10,15-16H,3,11-14H2,1-2H3. The number of hydrogen-bond donors (Lipinski definition) is 0. The molecule has 31 heavy (non-hydrogen) atoms. The third-order valence-corrected chi connectivity index (χ3v) is 5.36. The summed E-state index contributed by atoms with van der Waals surface area (Å²) in [5.74, 6) is 1.43. The predicted octanol–water partition coefficient (Wildman–Crippen LogP) is 2.20. The van der Waals surface area contributed by atoms with Crippen LogP contribution in [0.4, 0.5) is 5.82 Å². The lowest BCUT2D eigenvalue weighted by atomic mass is 10.1. The second kappa shape index (κ2) is 8.99. The van der Waals surface area contributed by atoms with Crippen LogP contribution in [0, 0.1) is 0 Å². The molecular formula is C23H25N5O3. The number of carbonyl (C=O) groups excluding carboxylic acids is 1. The van der Waals surface area contributed by atoms with Gasteiger partial charge in [-0.2, -0.15) is 0 Å². The number of piperazine rings is 1. The number of pyridine rings is 1. The molecule has 1 amide bonds. The minimum absolute atomic E-state index is 0.207. The second-order valence-corrected chi connectivity index (χ2v) is 7.34. The fraction of sp³-hybridized carbons (Fsp3) is 0.304. The van der Waals surface area contributed by atoms with E-state index in [-0.39, 0.29) is 17.0 Å². The highest BCUT2D eigenvalue weighted by Crippen LogP contribution is 2.24. The van der Waals surface area contributed by atoms with Crippen molar-refractivity contribution in [1.82, 2.24) is 19.4 Å². The van der Waals surface area contributed by atoms with E-state index in [1.165, 1.54) is 4.57 Å². The first kappa shape index (κ1) is 20.6. The average molecular weight is 419 g/mol. The van der Waals surface area contributed by atoms with Crippen molar-refractivity contribution < 1.29 is 9.53 Å². The normalized spacial score (nSPS) is 13.9. The lowest BCUT2D eigenvalue weighted by Crippen LogP contribution is -2.50. The van der Waals surface area contributed by atoms with Crippen molar-refractivity contribution in [1.29, 1.82) is 0 Å². The van der Waals surface area contributed by atoms with Crippen molar-refractivity contribution >= 4 is 11.7 Å². The number of hydrogen-bond acceptors (Lipinski definition) is 6. The van der Waals surface area contributed by atoms with Gasteiger partial charge in [0, 0.05) is 51.1 Å². The van der Waals surface area contributed by atoms with E-state index in [0.29, 0.717) is 32.8 Å². The Hall–Kier alpha value is -3.68. The van der Waals surface area contributed by atoms with Crippen molar-refractivity contribution in [3.63, 3.8) is 0 Å². The van der Waals surface area contributed by atoms with Crippen LogP contribution in [0.2, 0.25) is 0 Å². The Morgan fingerprint density at radius 3 is 2.52 bits per heavy atom. The molecule has 160 valence electrons. The highest BCUT2D eigenvalue weighted by atomic mass is 16.5. The summed E-state index contributed by atoms with van der Waals surface area (Å²) >= 11 is 0. The van der Waals surface area contributed by atoms with E-state index in [2.05, 4.69) is 14.9 Å². The summed E-state index contributed by atoms with van der Waals surface area (Å²) in [7, 11) is 1.65. The summed E-state index contributed by atoms with van der Waals surface area (Å²) in [4.78, 5) is 37.7. The molecule has 8 heteroatoms. The number of aromatic nitrogens is 3. The van der Waals surface area contributed by atoms with E-state index < -0.39 is 0 Å². The van der Waals surface area contributed by atoms with Gasteiger partial charge >= 0.3 is 0 Å². The van der Waals surface area contributed by atoms with E-state index >= 15 is 0 Å². The average Bonchev–Trinajstić information content (AvgIpc) is 2.81. The Bertz CT molecular complexity index is 1120. The Morgan fingerprint density at radius 1 is 1.06 bits per heavy atom. The number of anilines is 1. The van der Waals surface area contributed by atoms with Crippen molar-refractivity contribution in [2.24, 2.45) is 7.05 Å². The lowest BCUT2D eigenvalue weighted by molar-refractivity contribution is 0.0744. The molecule has 8 nitrogen and oxygen atoms in total. The Balaban J connectivity index is 1.44. The molecule has 0 N–H and O–H groups in total. The van der Waals surface area contributed by atoms with Gasteiger partial charge in [-0.1, -0.05) is 0 Å². The number of amides is 1.